The van der Waals surface area contributed by atoms with Gasteiger partial charge in [0.05, 0.1) is 19.8 Å². The summed E-state index contributed by atoms with van der Waals surface area (Å²) in [5.74, 6) is -1.46. The van der Waals surface area contributed by atoms with Crippen LogP contribution in [0.3, 0.4) is 0 Å². The fraction of sp³-hybridized carbons (Fsp3) is 0.467. The van der Waals surface area contributed by atoms with E-state index in [1.165, 1.54) is 37.4 Å². The standard InChI is InChI=1S/C30H38N2O8/c1-6-16-37-27-20(3)40-30(35)24(9-7-8-23(27)17-22-12-10-19(2)11-13-22)32-29(34)26-28(39-18-38-21(4)33)25(36-5)14-15-31-26/h6,10-15,20,23-24,27H,1,7-9,16-18H2,2-5H3,(H,32,34)/t20-,23+,24-,27-/m0/s1. The lowest BCUT2D eigenvalue weighted by molar-refractivity contribution is -0.160. The van der Waals surface area contributed by atoms with Crippen molar-refractivity contribution in [2.45, 2.75) is 64.7 Å². The first-order valence-electron chi connectivity index (χ1n) is 13.3. The molecule has 3 rings (SSSR count). The highest BCUT2D eigenvalue weighted by molar-refractivity contribution is 5.98. The molecule has 0 saturated carbocycles. The molecule has 0 unspecified atom stereocenters. The first kappa shape index (κ1) is 30.6. The molecular weight excluding hydrogens is 516 g/mol. The summed E-state index contributed by atoms with van der Waals surface area (Å²) in [6.07, 6.45) is 4.69. The van der Waals surface area contributed by atoms with Crippen molar-refractivity contribution in [3.05, 3.63) is 66.0 Å². The van der Waals surface area contributed by atoms with E-state index in [0.717, 1.165) is 12.8 Å². The normalized spacial score (nSPS) is 21.1. The molecule has 0 radical (unpaired) electrons. The smallest absolute Gasteiger partial charge is 0.329 e. The van der Waals surface area contributed by atoms with E-state index < -0.39 is 36.8 Å². The fourth-order valence-corrected chi connectivity index (χ4v) is 4.70. The Bertz CT molecular complexity index is 1170. The van der Waals surface area contributed by atoms with Crippen molar-refractivity contribution in [2.24, 2.45) is 5.92 Å². The van der Waals surface area contributed by atoms with Crippen molar-refractivity contribution in [1.82, 2.24) is 10.3 Å². The van der Waals surface area contributed by atoms with Crippen LogP contribution in [0.5, 0.6) is 11.5 Å². The summed E-state index contributed by atoms with van der Waals surface area (Å²) in [7, 11) is 1.41. The van der Waals surface area contributed by atoms with Crippen LogP contribution in [0.25, 0.3) is 0 Å². The highest BCUT2D eigenvalue weighted by Crippen LogP contribution is 2.31. The van der Waals surface area contributed by atoms with Gasteiger partial charge < -0.3 is 29.0 Å². The number of nitrogens with zero attached hydrogens (tertiary/aromatic N) is 1. The fourth-order valence-electron chi connectivity index (χ4n) is 4.70. The van der Waals surface area contributed by atoms with Crippen molar-refractivity contribution < 1.29 is 38.1 Å². The molecule has 216 valence electrons. The van der Waals surface area contributed by atoms with E-state index >= 15 is 0 Å². The highest BCUT2D eigenvalue weighted by Gasteiger charge is 2.35. The number of methoxy groups -OCH3 is 1. The average molecular weight is 555 g/mol. The maximum atomic E-state index is 13.3. The van der Waals surface area contributed by atoms with E-state index in [0.29, 0.717) is 19.4 Å². The summed E-state index contributed by atoms with van der Waals surface area (Å²) >= 11 is 0. The maximum absolute atomic E-state index is 13.3. The Morgan fingerprint density at radius 1 is 1.20 bits per heavy atom. The molecule has 1 aliphatic rings. The molecule has 10 nitrogen and oxygen atoms in total. The number of ether oxygens (including phenoxy) is 5. The van der Waals surface area contributed by atoms with E-state index in [1.54, 1.807) is 6.08 Å². The monoisotopic (exact) mass is 554 g/mol. The first-order valence-corrected chi connectivity index (χ1v) is 13.3. The maximum Gasteiger partial charge on any atom is 0.329 e. The summed E-state index contributed by atoms with van der Waals surface area (Å²) in [5, 5.41) is 2.74. The Morgan fingerprint density at radius 2 is 1.95 bits per heavy atom. The zero-order valence-corrected chi connectivity index (χ0v) is 23.5. The van der Waals surface area contributed by atoms with E-state index in [1.807, 2.05) is 13.8 Å². The third kappa shape index (κ3) is 8.54. The van der Waals surface area contributed by atoms with E-state index in [4.69, 9.17) is 23.7 Å². The van der Waals surface area contributed by atoms with Crippen LogP contribution >= 0.6 is 0 Å². The second-order valence-electron chi connectivity index (χ2n) is 9.72. The van der Waals surface area contributed by atoms with Gasteiger partial charge in [0.1, 0.15) is 12.1 Å². The predicted molar refractivity (Wildman–Crippen MR) is 147 cm³/mol. The number of carbonyl (C=O) groups is 3. The number of pyridine rings is 1. The number of hydrogen-bond acceptors (Lipinski definition) is 9. The molecule has 1 saturated heterocycles. The molecule has 1 fully saturated rings. The lowest BCUT2D eigenvalue weighted by atomic mass is 9.86. The molecule has 1 aliphatic heterocycles. The van der Waals surface area contributed by atoms with Crippen LogP contribution in [-0.2, 0) is 30.2 Å². The minimum absolute atomic E-state index is 0.00963. The number of aromatic nitrogens is 1. The summed E-state index contributed by atoms with van der Waals surface area (Å²) in [4.78, 5) is 41.8. The summed E-state index contributed by atoms with van der Waals surface area (Å²) in [6.45, 7) is 8.74. The lowest BCUT2D eigenvalue weighted by Gasteiger charge is -2.31. The van der Waals surface area contributed by atoms with Crippen molar-refractivity contribution in [3.8, 4) is 11.5 Å². The summed E-state index contributed by atoms with van der Waals surface area (Å²) < 4.78 is 27.6. The van der Waals surface area contributed by atoms with Crippen molar-refractivity contribution in [1.29, 1.82) is 0 Å². The number of amides is 1. The van der Waals surface area contributed by atoms with Crippen LogP contribution < -0.4 is 14.8 Å². The molecule has 4 atom stereocenters. The number of benzene rings is 1. The number of rotatable bonds is 11. The van der Waals surface area contributed by atoms with Crippen LogP contribution in [-0.4, -0.2) is 61.6 Å². The number of nitrogens with one attached hydrogen (secondary N) is 1. The number of carbonyl (C=O) groups excluding carboxylic acids is 3. The summed E-state index contributed by atoms with van der Waals surface area (Å²) in [6, 6.07) is 8.96. The van der Waals surface area contributed by atoms with E-state index in [2.05, 4.69) is 41.1 Å². The Kier molecular flexibility index (Phi) is 11.5. The second-order valence-corrected chi connectivity index (χ2v) is 9.72. The average Bonchev–Trinajstić information content (AvgIpc) is 2.97. The first-order chi connectivity index (χ1) is 19.2. The molecule has 1 amide bonds. The van der Waals surface area contributed by atoms with Crippen molar-refractivity contribution >= 4 is 17.8 Å². The molecule has 1 aromatic carbocycles. The molecule has 2 aromatic rings. The van der Waals surface area contributed by atoms with Gasteiger partial charge in [-0.2, -0.15) is 0 Å². The summed E-state index contributed by atoms with van der Waals surface area (Å²) in [5.41, 5.74) is 2.25. The van der Waals surface area contributed by atoms with Gasteiger partial charge in [0.2, 0.25) is 6.79 Å². The van der Waals surface area contributed by atoms with Crippen LogP contribution in [0, 0.1) is 12.8 Å². The Balaban J connectivity index is 1.78. The van der Waals surface area contributed by atoms with Gasteiger partial charge in [-0.3, -0.25) is 9.59 Å². The van der Waals surface area contributed by atoms with Crippen LogP contribution in [0.1, 0.15) is 54.7 Å². The van der Waals surface area contributed by atoms with Gasteiger partial charge in [0.15, 0.2) is 17.2 Å². The minimum Gasteiger partial charge on any atom is -0.493 e. The minimum atomic E-state index is -0.914. The topological polar surface area (TPSA) is 122 Å². The number of aryl methyl sites for hydroxylation is 1. The molecule has 1 aromatic heterocycles. The number of hydrogen-bond donors (Lipinski definition) is 1. The molecule has 2 heterocycles. The van der Waals surface area contributed by atoms with Crippen molar-refractivity contribution in [3.63, 3.8) is 0 Å². The molecule has 0 spiro atoms. The molecular formula is C30H38N2O8. The lowest BCUT2D eigenvalue weighted by Crippen LogP contribution is -2.44. The van der Waals surface area contributed by atoms with Crippen molar-refractivity contribution in [2.75, 3.05) is 20.5 Å². The molecule has 0 bridgehead atoms. The van der Waals surface area contributed by atoms with Gasteiger partial charge in [0, 0.05) is 19.2 Å². The van der Waals surface area contributed by atoms with Crippen LogP contribution in [0.2, 0.25) is 0 Å². The SMILES string of the molecule is C=CCO[C@@H]1[C@@H](Cc2ccc(C)cc2)CCC[C@H](NC(=O)c2nccc(OC)c2OCOC(C)=O)C(=O)O[C@H]1C. The zero-order valence-electron chi connectivity index (χ0n) is 23.5. The molecule has 1 N–H and O–H groups in total. The van der Waals surface area contributed by atoms with E-state index in [-0.39, 0.29) is 29.2 Å². The largest absolute Gasteiger partial charge is 0.493 e. The van der Waals surface area contributed by atoms with Gasteiger partial charge in [0.25, 0.3) is 5.91 Å². The van der Waals surface area contributed by atoms with E-state index in [9.17, 15) is 14.4 Å². The third-order valence-electron chi connectivity index (χ3n) is 6.68. The van der Waals surface area contributed by atoms with Gasteiger partial charge in [-0.25, -0.2) is 9.78 Å². The third-order valence-corrected chi connectivity index (χ3v) is 6.68. The number of cyclic esters (lactones) is 1. The predicted octanol–water partition coefficient (Wildman–Crippen LogP) is 3.94. The second kappa shape index (κ2) is 15.0. The van der Waals surface area contributed by atoms with Crippen LogP contribution in [0.4, 0.5) is 0 Å². The Hall–Kier alpha value is -3.92. The molecule has 40 heavy (non-hydrogen) atoms. The molecule has 10 heteroatoms. The zero-order chi connectivity index (χ0) is 29.1. The highest BCUT2D eigenvalue weighted by atomic mass is 16.7. The number of esters is 2. The van der Waals surface area contributed by atoms with Gasteiger partial charge in [-0.05, 0) is 44.6 Å². The van der Waals surface area contributed by atoms with Crippen LogP contribution in [0.15, 0.2) is 49.2 Å². The Labute approximate surface area is 235 Å². The quantitative estimate of drug-likeness (QED) is 0.250. The van der Waals surface area contributed by atoms with Gasteiger partial charge in [-0.1, -0.05) is 42.3 Å². The molecule has 0 aliphatic carbocycles. The van der Waals surface area contributed by atoms with Gasteiger partial charge >= 0.3 is 11.9 Å². The van der Waals surface area contributed by atoms with Gasteiger partial charge in [-0.15, -0.1) is 6.58 Å². The Morgan fingerprint density at radius 3 is 2.62 bits per heavy atom.